The maximum Gasteiger partial charge on any atom is 0.255 e. The van der Waals surface area contributed by atoms with Crippen molar-refractivity contribution >= 4 is 5.91 Å². The van der Waals surface area contributed by atoms with Crippen molar-refractivity contribution in [3.63, 3.8) is 0 Å². The summed E-state index contributed by atoms with van der Waals surface area (Å²) in [5, 5.41) is 4.45. The molecular formula is C25H32N6O. The van der Waals surface area contributed by atoms with E-state index >= 15 is 0 Å². The van der Waals surface area contributed by atoms with Crippen LogP contribution in [0.15, 0.2) is 42.7 Å². The number of rotatable bonds is 6. The summed E-state index contributed by atoms with van der Waals surface area (Å²) in [4.78, 5) is 26.3. The first-order chi connectivity index (χ1) is 15.4. The zero-order chi connectivity index (χ0) is 22.7. The zero-order valence-corrected chi connectivity index (χ0v) is 19.5. The molecule has 1 amide bonds. The maximum absolute atomic E-state index is 13.0. The molecule has 4 rings (SSSR count). The van der Waals surface area contributed by atoms with Crippen LogP contribution in [0.5, 0.6) is 0 Å². The van der Waals surface area contributed by atoms with Crippen LogP contribution in [0.4, 0.5) is 0 Å². The van der Waals surface area contributed by atoms with Crippen molar-refractivity contribution in [2.75, 3.05) is 20.1 Å². The van der Waals surface area contributed by atoms with Crippen LogP contribution in [0, 0.1) is 13.8 Å². The van der Waals surface area contributed by atoms with Crippen LogP contribution in [0.2, 0.25) is 0 Å². The zero-order valence-electron chi connectivity index (χ0n) is 19.5. The van der Waals surface area contributed by atoms with Crippen LogP contribution in [-0.2, 0) is 20.1 Å². The van der Waals surface area contributed by atoms with Crippen molar-refractivity contribution < 1.29 is 4.79 Å². The number of aryl methyl sites for hydroxylation is 2. The molecule has 7 heteroatoms. The van der Waals surface area contributed by atoms with Crippen LogP contribution in [0.1, 0.15) is 57.5 Å². The van der Waals surface area contributed by atoms with Crippen LogP contribution in [0.3, 0.4) is 0 Å². The molecule has 1 aliphatic rings. The Hall–Kier alpha value is -3.06. The van der Waals surface area contributed by atoms with Crippen LogP contribution in [-0.4, -0.2) is 55.6 Å². The molecule has 1 atom stereocenters. The number of aromatic nitrogens is 4. The summed E-state index contributed by atoms with van der Waals surface area (Å²) in [6, 6.07) is 10.0. The normalized spacial score (nSPS) is 16.8. The summed E-state index contributed by atoms with van der Waals surface area (Å²) < 4.78 is 1.86. The smallest absolute Gasteiger partial charge is 0.255 e. The Labute approximate surface area is 190 Å². The van der Waals surface area contributed by atoms with Crippen molar-refractivity contribution in [2.45, 2.75) is 45.7 Å². The number of carbonyl (C=O) groups excluding carboxylic acids is 1. The molecule has 1 aliphatic heterocycles. The molecule has 0 bridgehead atoms. The van der Waals surface area contributed by atoms with Gasteiger partial charge in [0.05, 0.1) is 17.0 Å². The first kappa shape index (κ1) is 22.1. The maximum atomic E-state index is 13.0. The summed E-state index contributed by atoms with van der Waals surface area (Å²) in [5.74, 6) is 0.363. The highest BCUT2D eigenvalue weighted by atomic mass is 16.2. The van der Waals surface area contributed by atoms with Gasteiger partial charge in [-0.3, -0.25) is 24.3 Å². The van der Waals surface area contributed by atoms with E-state index in [-0.39, 0.29) is 5.91 Å². The Morgan fingerprint density at radius 2 is 2.03 bits per heavy atom. The summed E-state index contributed by atoms with van der Waals surface area (Å²) in [6.07, 6.45) is 5.85. The quantitative estimate of drug-likeness (QED) is 0.597. The second kappa shape index (κ2) is 9.61. The van der Waals surface area contributed by atoms with Crippen molar-refractivity contribution in [3.05, 3.63) is 76.6 Å². The molecule has 0 aliphatic carbocycles. The van der Waals surface area contributed by atoms with Crippen molar-refractivity contribution in [1.29, 1.82) is 0 Å². The summed E-state index contributed by atoms with van der Waals surface area (Å²) in [7, 11) is 3.76. The molecule has 3 aromatic rings. The molecule has 0 radical (unpaired) electrons. The predicted molar refractivity (Wildman–Crippen MR) is 124 cm³/mol. The fourth-order valence-electron chi connectivity index (χ4n) is 4.51. The Morgan fingerprint density at radius 1 is 1.19 bits per heavy atom. The largest absolute Gasteiger partial charge is 0.337 e. The van der Waals surface area contributed by atoms with E-state index < -0.39 is 0 Å². The number of nitrogens with zero attached hydrogens (tertiary/aromatic N) is 6. The van der Waals surface area contributed by atoms with Gasteiger partial charge in [-0.05, 0) is 57.5 Å². The molecule has 0 N–H and O–H groups in total. The second-order valence-electron chi connectivity index (χ2n) is 8.80. The standard InChI is InChI=1S/C25H32N6O/c1-18-23(19(2)30(4)28-18)17-29(3)25(32)20-10-11-24(27-14-20)21-8-7-13-31(15-21)16-22-9-5-6-12-26-22/h5-6,9-12,14,21H,7-8,13,15-17H2,1-4H3. The molecule has 7 nitrogen and oxygen atoms in total. The lowest BCUT2D eigenvalue weighted by Gasteiger charge is -2.32. The van der Waals surface area contributed by atoms with Gasteiger partial charge < -0.3 is 4.90 Å². The van der Waals surface area contributed by atoms with E-state index in [9.17, 15) is 4.79 Å². The minimum atomic E-state index is -0.0212. The topological polar surface area (TPSA) is 67.2 Å². The molecule has 168 valence electrons. The third-order valence-corrected chi connectivity index (χ3v) is 6.47. The second-order valence-corrected chi connectivity index (χ2v) is 8.80. The Balaban J connectivity index is 1.39. The van der Waals surface area contributed by atoms with Crippen molar-refractivity contribution in [1.82, 2.24) is 29.5 Å². The fourth-order valence-corrected chi connectivity index (χ4v) is 4.51. The van der Waals surface area contributed by atoms with Gasteiger partial charge in [0.15, 0.2) is 0 Å². The molecule has 1 fully saturated rings. The van der Waals surface area contributed by atoms with Gasteiger partial charge in [0, 0.05) is 69.0 Å². The molecule has 1 unspecified atom stereocenters. The van der Waals surface area contributed by atoms with Gasteiger partial charge >= 0.3 is 0 Å². The minimum Gasteiger partial charge on any atom is -0.337 e. The number of hydrogen-bond donors (Lipinski definition) is 0. The number of likely N-dealkylation sites (tertiary alicyclic amines) is 1. The van der Waals surface area contributed by atoms with E-state index in [1.807, 2.05) is 63.1 Å². The first-order valence-corrected chi connectivity index (χ1v) is 11.2. The number of carbonyl (C=O) groups is 1. The van der Waals surface area contributed by atoms with Gasteiger partial charge in [-0.1, -0.05) is 6.07 Å². The van der Waals surface area contributed by atoms with E-state index in [0.717, 1.165) is 60.8 Å². The molecular weight excluding hydrogens is 400 g/mol. The average molecular weight is 433 g/mol. The highest BCUT2D eigenvalue weighted by molar-refractivity contribution is 5.93. The van der Waals surface area contributed by atoms with Crippen LogP contribution in [0.25, 0.3) is 0 Å². The number of hydrogen-bond acceptors (Lipinski definition) is 5. The van der Waals surface area contributed by atoms with E-state index in [4.69, 9.17) is 0 Å². The summed E-state index contributed by atoms with van der Waals surface area (Å²) in [6.45, 7) is 7.48. The summed E-state index contributed by atoms with van der Waals surface area (Å²) >= 11 is 0. The Bertz CT molecular complexity index is 1060. The lowest BCUT2D eigenvalue weighted by atomic mass is 9.94. The number of pyridine rings is 2. The predicted octanol–water partition coefficient (Wildman–Crippen LogP) is 3.48. The fraction of sp³-hybridized carbons (Fsp3) is 0.440. The monoisotopic (exact) mass is 432 g/mol. The van der Waals surface area contributed by atoms with Gasteiger partial charge in [-0.15, -0.1) is 0 Å². The van der Waals surface area contributed by atoms with Gasteiger partial charge in [0.1, 0.15) is 0 Å². The molecule has 3 aromatic heterocycles. The molecule has 0 spiro atoms. The van der Waals surface area contributed by atoms with E-state index in [2.05, 4.69) is 26.0 Å². The first-order valence-electron chi connectivity index (χ1n) is 11.2. The number of amides is 1. The van der Waals surface area contributed by atoms with Crippen molar-refractivity contribution in [3.8, 4) is 0 Å². The molecule has 0 aromatic carbocycles. The Morgan fingerprint density at radius 3 is 2.69 bits per heavy atom. The summed E-state index contributed by atoms with van der Waals surface area (Å²) in [5.41, 5.74) is 5.94. The Kier molecular flexibility index (Phi) is 6.65. The van der Waals surface area contributed by atoms with Crippen molar-refractivity contribution in [2.24, 2.45) is 7.05 Å². The van der Waals surface area contributed by atoms with Crippen LogP contribution >= 0.6 is 0 Å². The molecule has 0 saturated carbocycles. The molecule has 4 heterocycles. The lowest BCUT2D eigenvalue weighted by Crippen LogP contribution is -2.34. The SMILES string of the molecule is Cc1nn(C)c(C)c1CN(C)C(=O)c1ccc(C2CCCN(Cc3ccccn3)C2)nc1. The van der Waals surface area contributed by atoms with Gasteiger partial charge in [0.2, 0.25) is 0 Å². The minimum absolute atomic E-state index is 0.0212. The third-order valence-electron chi connectivity index (χ3n) is 6.47. The van der Waals surface area contributed by atoms with E-state index in [1.54, 1.807) is 11.1 Å². The third kappa shape index (κ3) is 4.88. The van der Waals surface area contributed by atoms with E-state index in [1.165, 1.54) is 0 Å². The van der Waals surface area contributed by atoms with Gasteiger partial charge in [0.25, 0.3) is 5.91 Å². The lowest BCUT2D eigenvalue weighted by molar-refractivity contribution is 0.0784. The molecule has 1 saturated heterocycles. The average Bonchev–Trinajstić information content (AvgIpc) is 3.05. The molecule has 32 heavy (non-hydrogen) atoms. The van der Waals surface area contributed by atoms with E-state index in [0.29, 0.717) is 18.0 Å². The van der Waals surface area contributed by atoms with Crippen LogP contribution < -0.4 is 0 Å². The van der Waals surface area contributed by atoms with Gasteiger partial charge in [-0.25, -0.2) is 0 Å². The number of piperidine rings is 1. The highest BCUT2D eigenvalue weighted by Crippen LogP contribution is 2.26. The van der Waals surface area contributed by atoms with Gasteiger partial charge in [-0.2, -0.15) is 5.10 Å². The highest BCUT2D eigenvalue weighted by Gasteiger charge is 2.23.